The van der Waals surface area contributed by atoms with Crippen LogP contribution >= 0.6 is 0 Å². The Morgan fingerprint density at radius 3 is 2.20 bits per heavy atom. The van der Waals surface area contributed by atoms with Gasteiger partial charge in [-0.1, -0.05) is 20.8 Å². The van der Waals surface area contributed by atoms with E-state index < -0.39 is 0 Å². The Balaban J connectivity index is 3.12. The zero-order valence-corrected chi connectivity index (χ0v) is 7.91. The molecule has 1 unspecified atom stereocenters. The molecule has 0 fully saturated rings. The molecule has 0 bridgehead atoms. The lowest BCUT2D eigenvalue weighted by molar-refractivity contribution is -0.880. The van der Waals surface area contributed by atoms with Crippen molar-refractivity contribution in [3.8, 4) is 0 Å². The first kappa shape index (κ1) is 9.96. The van der Waals surface area contributed by atoms with Gasteiger partial charge in [0, 0.05) is 0 Å². The summed E-state index contributed by atoms with van der Waals surface area (Å²) in [6.45, 7) is 9.50. The van der Waals surface area contributed by atoms with Crippen LogP contribution in [0.3, 0.4) is 0 Å². The van der Waals surface area contributed by atoms with Gasteiger partial charge in [-0.05, 0) is 18.8 Å². The van der Waals surface area contributed by atoms with Gasteiger partial charge in [0.15, 0.2) is 0 Å². The van der Waals surface area contributed by atoms with E-state index in [1.54, 1.807) is 4.90 Å². The van der Waals surface area contributed by atoms with E-state index in [9.17, 15) is 0 Å². The lowest BCUT2D eigenvalue weighted by atomic mass is 10.1. The molecule has 0 rings (SSSR count). The maximum atomic E-state index is 2.29. The van der Waals surface area contributed by atoms with Crippen LogP contribution in [-0.4, -0.2) is 20.1 Å². The summed E-state index contributed by atoms with van der Waals surface area (Å²) in [4.78, 5) is 1.68. The van der Waals surface area contributed by atoms with Gasteiger partial charge >= 0.3 is 0 Å². The lowest BCUT2D eigenvalue weighted by Crippen LogP contribution is -3.09. The molecule has 1 N–H and O–H groups in total. The van der Waals surface area contributed by atoms with Gasteiger partial charge in [-0.25, -0.2) is 0 Å². The van der Waals surface area contributed by atoms with Crippen LogP contribution in [0.5, 0.6) is 0 Å². The van der Waals surface area contributed by atoms with Crippen molar-refractivity contribution in [2.75, 3.05) is 20.1 Å². The molecule has 0 amide bonds. The largest absolute Gasteiger partial charge is 0.337 e. The first-order chi connectivity index (χ1) is 4.66. The molecule has 0 saturated carbocycles. The summed E-state index contributed by atoms with van der Waals surface area (Å²) >= 11 is 0. The molecule has 0 aromatic carbocycles. The van der Waals surface area contributed by atoms with Crippen molar-refractivity contribution in [2.45, 2.75) is 33.6 Å². The third-order valence-electron chi connectivity index (χ3n) is 1.83. The van der Waals surface area contributed by atoms with E-state index in [2.05, 4.69) is 27.8 Å². The van der Waals surface area contributed by atoms with Crippen molar-refractivity contribution in [1.29, 1.82) is 0 Å². The zero-order valence-electron chi connectivity index (χ0n) is 7.91. The molecule has 0 spiro atoms. The van der Waals surface area contributed by atoms with E-state index in [0.29, 0.717) is 0 Å². The number of hydrogen-bond acceptors (Lipinski definition) is 0. The predicted octanol–water partition coefficient (Wildman–Crippen LogP) is 0.957. The second-order valence-corrected chi connectivity index (χ2v) is 3.64. The van der Waals surface area contributed by atoms with Crippen LogP contribution in [0, 0.1) is 5.92 Å². The molecule has 1 heteroatoms. The minimum absolute atomic E-state index is 0.867. The highest BCUT2D eigenvalue weighted by atomic mass is 15.1. The third-order valence-corrected chi connectivity index (χ3v) is 1.83. The minimum atomic E-state index is 0.867. The van der Waals surface area contributed by atoms with Crippen molar-refractivity contribution in [3.05, 3.63) is 0 Å². The first-order valence-electron chi connectivity index (χ1n) is 4.48. The second-order valence-electron chi connectivity index (χ2n) is 3.64. The average molecular weight is 144 g/mol. The number of hydrogen-bond donors (Lipinski definition) is 1. The molecular weight excluding hydrogens is 122 g/mol. The fourth-order valence-electron chi connectivity index (χ4n) is 1.09. The molecule has 0 radical (unpaired) electrons. The van der Waals surface area contributed by atoms with Crippen molar-refractivity contribution in [2.24, 2.45) is 5.92 Å². The van der Waals surface area contributed by atoms with Crippen molar-refractivity contribution >= 4 is 0 Å². The summed E-state index contributed by atoms with van der Waals surface area (Å²) in [5.74, 6) is 0.867. The van der Waals surface area contributed by atoms with E-state index in [4.69, 9.17) is 0 Å². The Hall–Kier alpha value is -0.0400. The Morgan fingerprint density at radius 2 is 1.80 bits per heavy atom. The Labute approximate surface area is 65.4 Å². The van der Waals surface area contributed by atoms with Gasteiger partial charge < -0.3 is 4.90 Å². The molecule has 1 nitrogen and oxygen atoms in total. The van der Waals surface area contributed by atoms with E-state index in [1.165, 1.54) is 25.9 Å². The van der Waals surface area contributed by atoms with Crippen LogP contribution in [0.1, 0.15) is 33.6 Å². The highest BCUT2D eigenvalue weighted by Crippen LogP contribution is 1.94. The lowest BCUT2D eigenvalue weighted by Gasteiger charge is -2.13. The van der Waals surface area contributed by atoms with E-state index in [-0.39, 0.29) is 0 Å². The first-order valence-corrected chi connectivity index (χ1v) is 4.48. The zero-order chi connectivity index (χ0) is 7.98. The fraction of sp³-hybridized carbons (Fsp3) is 1.00. The monoisotopic (exact) mass is 144 g/mol. The van der Waals surface area contributed by atoms with Crippen LogP contribution in [0.2, 0.25) is 0 Å². The van der Waals surface area contributed by atoms with E-state index in [0.717, 1.165) is 5.92 Å². The molecule has 62 valence electrons. The quantitative estimate of drug-likeness (QED) is 0.586. The Morgan fingerprint density at radius 1 is 1.20 bits per heavy atom. The van der Waals surface area contributed by atoms with Gasteiger partial charge in [-0.15, -0.1) is 0 Å². The standard InChI is InChI=1S/C9H21N/c1-5-7-10(4)8-6-9(2)3/h9H,5-8H2,1-4H3/p+1. The summed E-state index contributed by atoms with van der Waals surface area (Å²) in [6.07, 6.45) is 2.68. The van der Waals surface area contributed by atoms with Crippen LogP contribution in [0.25, 0.3) is 0 Å². The van der Waals surface area contributed by atoms with E-state index >= 15 is 0 Å². The molecule has 1 atom stereocenters. The molecule has 0 aliphatic rings. The summed E-state index contributed by atoms with van der Waals surface area (Å²) in [5.41, 5.74) is 0. The topological polar surface area (TPSA) is 4.44 Å². The van der Waals surface area contributed by atoms with Crippen LogP contribution in [0.4, 0.5) is 0 Å². The number of nitrogens with one attached hydrogen (secondary N) is 1. The number of rotatable bonds is 5. The van der Waals surface area contributed by atoms with Crippen LogP contribution < -0.4 is 4.90 Å². The molecular formula is C9H22N+. The van der Waals surface area contributed by atoms with Gasteiger partial charge in [0.1, 0.15) is 0 Å². The maximum absolute atomic E-state index is 2.29. The van der Waals surface area contributed by atoms with Gasteiger partial charge in [0.25, 0.3) is 0 Å². The molecule has 0 aromatic rings. The molecule has 0 aromatic heterocycles. The van der Waals surface area contributed by atoms with Crippen molar-refractivity contribution in [3.63, 3.8) is 0 Å². The average Bonchev–Trinajstić information content (AvgIpc) is 1.85. The molecule has 0 aliphatic heterocycles. The van der Waals surface area contributed by atoms with Gasteiger partial charge in [0.2, 0.25) is 0 Å². The Kier molecular flexibility index (Phi) is 5.70. The normalized spacial score (nSPS) is 14.1. The highest BCUT2D eigenvalue weighted by molar-refractivity contribution is 4.40. The molecule has 0 aliphatic carbocycles. The highest BCUT2D eigenvalue weighted by Gasteiger charge is 2.00. The predicted molar refractivity (Wildman–Crippen MR) is 46.4 cm³/mol. The van der Waals surface area contributed by atoms with Crippen LogP contribution in [-0.2, 0) is 0 Å². The van der Waals surface area contributed by atoms with Crippen molar-refractivity contribution < 1.29 is 4.90 Å². The molecule has 0 saturated heterocycles. The van der Waals surface area contributed by atoms with Gasteiger partial charge in [0.05, 0.1) is 20.1 Å². The fourth-order valence-corrected chi connectivity index (χ4v) is 1.09. The SMILES string of the molecule is CCC[NH+](C)CCC(C)C. The smallest absolute Gasteiger partial charge is 0.0771 e. The van der Waals surface area contributed by atoms with Gasteiger partial charge in [-0.3, -0.25) is 0 Å². The molecule has 0 heterocycles. The van der Waals surface area contributed by atoms with Crippen molar-refractivity contribution in [1.82, 2.24) is 0 Å². The van der Waals surface area contributed by atoms with E-state index in [1.807, 2.05) is 0 Å². The summed E-state index contributed by atoms with van der Waals surface area (Å²) in [5, 5.41) is 0. The second kappa shape index (κ2) is 5.72. The maximum Gasteiger partial charge on any atom is 0.0771 e. The third kappa shape index (κ3) is 6.09. The number of quaternary nitrogens is 1. The molecule has 10 heavy (non-hydrogen) atoms. The minimum Gasteiger partial charge on any atom is -0.337 e. The summed E-state index contributed by atoms with van der Waals surface area (Å²) in [7, 11) is 2.28. The summed E-state index contributed by atoms with van der Waals surface area (Å²) < 4.78 is 0. The summed E-state index contributed by atoms with van der Waals surface area (Å²) in [6, 6.07) is 0. The Bertz CT molecular complexity index is 69.1. The van der Waals surface area contributed by atoms with Gasteiger partial charge in [-0.2, -0.15) is 0 Å². The van der Waals surface area contributed by atoms with Crippen LogP contribution in [0.15, 0.2) is 0 Å².